The second kappa shape index (κ2) is 4.43. The van der Waals surface area contributed by atoms with Gasteiger partial charge in [-0.25, -0.2) is 4.98 Å². The van der Waals surface area contributed by atoms with Crippen LogP contribution in [-0.4, -0.2) is 16.3 Å². The summed E-state index contributed by atoms with van der Waals surface area (Å²) in [5.74, 6) is 5.19. The zero-order valence-corrected chi connectivity index (χ0v) is 8.16. The molecule has 2 heterocycles. The first-order valence-electron chi connectivity index (χ1n) is 4.75. The van der Waals surface area contributed by atoms with Crippen LogP contribution in [0.25, 0.3) is 11.0 Å². The first-order chi connectivity index (χ1) is 7.42. The molecule has 0 fully saturated rings. The van der Waals surface area contributed by atoms with E-state index < -0.39 is 0 Å². The Balaban J connectivity index is 2.18. The molecule has 3 nitrogen and oxygen atoms in total. The predicted octanol–water partition coefficient (Wildman–Crippen LogP) is 1.70. The van der Waals surface area contributed by atoms with E-state index in [4.69, 9.17) is 0 Å². The molecule has 74 valence electrons. The molecule has 0 bridgehead atoms. The van der Waals surface area contributed by atoms with Gasteiger partial charge in [0.1, 0.15) is 5.65 Å². The molecular formula is C12H10N2O. The number of hydrogen-bond donors (Lipinski definition) is 1. The van der Waals surface area contributed by atoms with Crippen molar-refractivity contribution in [2.24, 2.45) is 0 Å². The van der Waals surface area contributed by atoms with Crippen molar-refractivity contribution in [1.82, 2.24) is 9.97 Å². The van der Waals surface area contributed by atoms with Crippen molar-refractivity contribution in [3.8, 4) is 11.8 Å². The van der Waals surface area contributed by atoms with Crippen LogP contribution in [0.4, 0.5) is 0 Å². The fourth-order valence-corrected chi connectivity index (χ4v) is 1.53. The molecule has 0 atom stereocenters. The Bertz CT molecular complexity index is 531. The van der Waals surface area contributed by atoms with E-state index in [1.165, 1.54) is 5.56 Å². The van der Waals surface area contributed by atoms with Gasteiger partial charge in [0.05, 0.1) is 0 Å². The number of aromatic nitrogens is 2. The molecule has 3 heteroatoms. The van der Waals surface area contributed by atoms with E-state index in [1.54, 1.807) is 6.20 Å². The van der Waals surface area contributed by atoms with E-state index in [9.17, 15) is 4.79 Å². The highest BCUT2D eigenvalue weighted by Gasteiger charge is 2.01. The molecule has 1 N–H and O–H groups in total. The van der Waals surface area contributed by atoms with Gasteiger partial charge in [0, 0.05) is 24.2 Å². The van der Waals surface area contributed by atoms with Crippen molar-refractivity contribution in [1.29, 1.82) is 0 Å². The molecule has 0 radical (unpaired) electrons. The molecular weight excluding hydrogens is 188 g/mol. The highest BCUT2D eigenvalue weighted by molar-refractivity contribution is 5.79. The Hall–Kier alpha value is -2.08. The lowest BCUT2D eigenvalue weighted by molar-refractivity contribution is -0.103. The molecule has 0 saturated carbocycles. The Morgan fingerprint density at radius 1 is 1.53 bits per heavy atom. The number of carbonyl (C=O) groups is 1. The van der Waals surface area contributed by atoms with Gasteiger partial charge in [0.25, 0.3) is 0 Å². The number of aryl methyl sites for hydroxylation is 1. The van der Waals surface area contributed by atoms with E-state index in [1.807, 2.05) is 18.3 Å². The molecule has 0 spiro atoms. The fraction of sp³-hybridized carbons (Fsp3) is 0.167. The van der Waals surface area contributed by atoms with Gasteiger partial charge in [-0.15, -0.1) is 0 Å². The van der Waals surface area contributed by atoms with Crippen LogP contribution in [0.3, 0.4) is 0 Å². The summed E-state index contributed by atoms with van der Waals surface area (Å²) in [5, 5.41) is 1.13. The maximum atomic E-state index is 9.99. The summed E-state index contributed by atoms with van der Waals surface area (Å²) in [5.41, 5.74) is 2.09. The third-order valence-corrected chi connectivity index (χ3v) is 2.22. The van der Waals surface area contributed by atoms with Crippen LogP contribution in [0.2, 0.25) is 0 Å². The molecule has 2 aromatic rings. The van der Waals surface area contributed by atoms with Crippen LogP contribution in [0.5, 0.6) is 0 Å². The minimum atomic E-state index is 0.622. The SMILES string of the molecule is O=CC#CCCc1c[nH]c2ncccc12. The average Bonchev–Trinajstić information content (AvgIpc) is 2.68. The van der Waals surface area contributed by atoms with Crippen LogP contribution in [0.1, 0.15) is 12.0 Å². The maximum Gasteiger partial charge on any atom is 0.192 e. The first-order valence-corrected chi connectivity index (χ1v) is 4.75. The molecule has 0 aromatic carbocycles. The van der Waals surface area contributed by atoms with E-state index in [0.717, 1.165) is 17.5 Å². The van der Waals surface area contributed by atoms with Crippen LogP contribution in [-0.2, 0) is 11.2 Å². The Morgan fingerprint density at radius 3 is 3.33 bits per heavy atom. The molecule has 2 aromatic heterocycles. The van der Waals surface area contributed by atoms with E-state index in [0.29, 0.717) is 12.7 Å². The summed E-state index contributed by atoms with van der Waals surface area (Å²) >= 11 is 0. The Kier molecular flexibility index (Phi) is 2.80. The van der Waals surface area contributed by atoms with Gasteiger partial charge in [-0.1, -0.05) is 5.92 Å². The largest absolute Gasteiger partial charge is 0.346 e. The summed E-state index contributed by atoms with van der Waals surface area (Å²) in [6, 6.07) is 3.94. The summed E-state index contributed by atoms with van der Waals surface area (Å²) in [4.78, 5) is 17.3. The van der Waals surface area contributed by atoms with E-state index >= 15 is 0 Å². The van der Waals surface area contributed by atoms with Gasteiger partial charge in [-0.05, 0) is 30.0 Å². The topological polar surface area (TPSA) is 45.8 Å². The Labute approximate surface area is 87.5 Å². The van der Waals surface area contributed by atoms with Gasteiger partial charge in [0.15, 0.2) is 6.29 Å². The molecule has 0 aliphatic carbocycles. The monoisotopic (exact) mass is 198 g/mol. The predicted molar refractivity (Wildman–Crippen MR) is 58.3 cm³/mol. The standard InChI is InChI=1S/C12H10N2O/c15-8-3-1-2-5-10-9-14-12-11(10)6-4-7-13-12/h4,6-9H,2,5H2,(H,13,14). The number of hydrogen-bond acceptors (Lipinski definition) is 2. The summed E-state index contributed by atoms with van der Waals surface area (Å²) in [7, 11) is 0. The molecule has 0 aliphatic heterocycles. The maximum absolute atomic E-state index is 9.99. The lowest BCUT2D eigenvalue weighted by atomic mass is 10.1. The number of fused-ring (bicyclic) bond motifs is 1. The number of rotatable bonds is 2. The minimum Gasteiger partial charge on any atom is -0.346 e. The normalized spacial score (nSPS) is 9.60. The van der Waals surface area contributed by atoms with Gasteiger partial charge in [0.2, 0.25) is 0 Å². The van der Waals surface area contributed by atoms with Crippen LogP contribution in [0.15, 0.2) is 24.5 Å². The molecule has 0 aliphatic rings. The van der Waals surface area contributed by atoms with Crippen molar-refractivity contribution in [2.75, 3.05) is 0 Å². The summed E-state index contributed by atoms with van der Waals surface area (Å²) in [6.07, 6.45) is 5.86. The second-order valence-corrected chi connectivity index (χ2v) is 3.15. The number of aromatic amines is 1. The van der Waals surface area contributed by atoms with E-state index in [-0.39, 0.29) is 0 Å². The molecule has 0 amide bonds. The fourth-order valence-electron chi connectivity index (χ4n) is 1.53. The number of pyridine rings is 1. The molecule has 15 heavy (non-hydrogen) atoms. The zero-order chi connectivity index (χ0) is 10.5. The molecule has 0 unspecified atom stereocenters. The molecule has 2 rings (SSSR count). The van der Waals surface area contributed by atoms with Crippen molar-refractivity contribution in [3.05, 3.63) is 30.1 Å². The minimum absolute atomic E-state index is 0.622. The van der Waals surface area contributed by atoms with Gasteiger partial charge >= 0.3 is 0 Å². The highest BCUT2D eigenvalue weighted by atomic mass is 16.1. The van der Waals surface area contributed by atoms with Gasteiger partial charge in [-0.3, -0.25) is 4.79 Å². The lowest BCUT2D eigenvalue weighted by Crippen LogP contribution is -1.81. The smallest absolute Gasteiger partial charge is 0.192 e. The first kappa shape index (κ1) is 9.47. The number of nitrogens with one attached hydrogen (secondary N) is 1. The van der Waals surface area contributed by atoms with Gasteiger partial charge in [-0.2, -0.15) is 0 Å². The second-order valence-electron chi connectivity index (χ2n) is 3.15. The van der Waals surface area contributed by atoms with Crippen molar-refractivity contribution in [2.45, 2.75) is 12.8 Å². The third kappa shape index (κ3) is 2.05. The summed E-state index contributed by atoms with van der Waals surface area (Å²) < 4.78 is 0. The zero-order valence-electron chi connectivity index (χ0n) is 8.16. The van der Waals surface area contributed by atoms with Crippen LogP contribution in [0, 0.1) is 11.8 Å². The number of H-pyrrole nitrogens is 1. The van der Waals surface area contributed by atoms with Crippen molar-refractivity contribution in [3.63, 3.8) is 0 Å². The number of aldehydes is 1. The lowest BCUT2D eigenvalue weighted by Gasteiger charge is -1.93. The number of carbonyl (C=O) groups excluding carboxylic acids is 1. The van der Waals surface area contributed by atoms with Crippen molar-refractivity contribution >= 4 is 17.3 Å². The quantitative estimate of drug-likeness (QED) is 0.589. The average molecular weight is 198 g/mol. The van der Waals surface area contributed by atoms with Crippen LogP contribution < -0.4 is 0 Å². The number of nitrogens with zero attached hydrogens (tertiary/aromatic N) is 1. The highest BCUT2D eigenvalue weighted by Crippen LogP contribution is 2.16. The third-order valence-electron chi connectivity index (χ3n) is 2.22. The Morgan fingerprint density at radius 2 is 2.47 bits per heavy atom. The van der Waals surface area contributed by atoms with Crippen LogP contribution >= 0.6 is 0 Å². The summed E-state index contributed by atoms with van der Waals surface area (Å²) in [6.45, 7) is 0. The molecule has 0 saturated heterocycles. The van der Waals surface area contributed by atoms with Gasteiger partial charge < -0.3 is 4.98 Å². The van der Waals surface area contributed by atoms with Crippen molar-refractivity contribution < 1.29 is 4.79 Å². The van der Waals surface area contributed by atoms with E-state index in [2.05, 4.69) is 21.8 Å².